The van der Waals surface area contributed by atoms with Crippen LogP contribution in [0, 0.1) is 5.82 Å². The number of rotatable bonds is 12. The molecule has 0 saturated heterocycles. The smallest absolute Gasteiger partial charge is 0.264 e. The summed E-state index contributed by atoms with van der Waals surface area (Å²) < 4.78 is 55.8. The number of hydrogen-bond acceptors (Lipinski definition) is 6. The number of sulfonamides is 1. The third kappa shape index (κ3) is 8.42. The summed E-state index contributed by atoms with van der Waals surface area (Å²) in [6.45, 7) is -0.0257. The average Bonchev–Trinajstić information content (AvgIpc) is 3.62. The molecule has 256 valence electrons. The van der Waals surface area contributed by atoms with Crippen LogP contribution in [0.4, 0.5) is 10.1 Å². The predicted molar refractivity (Wildman–Crippen MR) is 187 cm³/mol. The number of amides is 2. The summed E-state index contributed by atoms with van der Waals surface area (Å²) >= 11 is 3.50. The van der Waals surface area contributed by atoms with E-state index in [1.807, 2.05) is 54.6 Å². The van der Waals surface area contributed by atoms with E-state index < -0.39 is 34.3 Å². The predicted octanol–water partition coefficient (Wildman–Crippen LogP) is 6.25. The topological polar surface area (TPSA) is 105 Å². The van der Waals surface area contributed by atoms with Crippen LogP contribution < -0.4 is 19.1 Å². The molecule has 4 aromatic rings. The van der Waals surface area contributed by atoms with Gasteiger partial charge >= 0.3 is 0 Å². The van der Waals surface area contributed by atoms with Gasteiger partial charge in [0.1, 0.15) is 31.6 Å². The lowest BCUT2D eigenvalue weighted by molar-refractivity contribution is -0.140. The van der Waals surface area contributed by atoms with Gasteiger partial charge in [-0.2, -0.15) is 0 Å². The van der Waals surface area contributed by atoms with Gasteiger partial charge in [-0.1, -0.05) is 71.2 Å². The van der Waals surface area contributed by atoms with Crippen molar-refractivity contribution in [2.24, 2.45) is 0 Å². The Balaban J connectivity index is 1.40. The van der Waals surface area contributed by atoms with Crippen LogP contribution in [0.3, 0.4) is 0 Å². The Labute approximate surface area is 294 Å². The molecule has 0 bridgehead atoms. The van der Waals surface area contributed by atoms with Crippen molar-refractivity contribution in [3.8, 4) is 11.5 Å². The minimum Gasteiger partial charge on any atom is -0.486 e. The molecule has 2 amide bonds. The first kappa shape index (κ1) is 34.4. The number of hydrogen-bond donors (Lipinski definition) is 1. The number of fused-ring (bicyclic) bond motifs is 1. The standard InChI is InChI=1S/C37H37BrFN3O6S/c38-28-10-6-9-27(21-28)24-41(33(22-26-7-2-1-3-8-26)37(44)40-30-11-4-5-12-30)36(43)25-42(31-15-13-29(39)14-16-31)49(45,46)32-17-18-34-35(23-32)48-20-19-47-34/h1-3,6-10,13-18,21,23,30,33H,4-5,11-12,19-20,22,24-25H2,(H,40,44). The molecule has 1 aliphatic carbocycles. The Morgan fingerprint density at radius 1 is 0.857 bits per heavy atom. The lowest BCUT2D eigenvalue weighted by Gasteiger charge is -2.34. The van der Waals surface area contributed by atoms with Crippen molar-refractivity contribution in [1.82, 2.24) is 10.2 Å². The first-order chi connectivity index (χ1) is 23.7. The van der Waals surface area contributed by atoms with Crippen LogP contribution in [-0.2, 0) is 32.6 Å². The molecular weight excluding hydrogens is 713 g/mol. The number of halogens is 2. The van der Waals surface area contributed by atoms with E-state index in [1.165, 1.54) is 35.2 Å². The lowest BCUT2D eigenvalue weighted by atomic mass is 10.0. The quantitative estimate of drug-likeness (QED) is 0.184. The molecule has 12 heteroatoms. The van der Waals surface area contributed by atoms with Gasteiger partial charge in [-0.25, -0.2) is 12.8 Å². The molecule has 1 fully saturated rings. The number of nitrogens with one attached hydrogen (secondary N) is 1. The molecule has 0 spiro atoms. The largest absolute Gasteiger partial charge is 0.486 e. The third-order valence-electron chi connectivity index (χ3n) is 8.71. The zero-order chi connectivity index (χ0) is 34.4. The van der Waals surface area contributed by atoms with Crippen LogP contribution in [0.2, 0.25) is 0 Å². The SMILES string of the molecule is O=C(NC1CCCC1)C(Cc1ccccc1)N(Cc1cccc(Br)c1)C(=O)CN(c1ccc(F)cc1)S(=O)(=O)c1ccc2c(c1)OCCO2. The fourth-order valence-corrected chi connectivity index (χ4v) is 8.08. The van der Waals surface area contributed by atoms with E-state index >= 15 is 0 Å². The highest BCUT2D eigenvalue weighted by Gasteiger charge is 2.36. The van der Waals surface area contributed by atoms with Crippen LogP contribution in [0.15, 0.2) is 106 Å². The summed E-state index contributed by atoms with van der Waals surface area (Å²) in [6, 6.07) is 25.0. The molecule has 1 N–H and O–H groups in total. The second-order valence-corrected chi connectivity index (χ2v) is 14.9. The Hall–Kier alpha value is -4.42. The summed E-state index contributed by atoms with van der Waals surface area (Å²) in [6.07, 6.45) is 3.95. The third-order valence-corrected chi connectivity index (χ3v) is 11.0. The molecule has 49 heavy (non-hydrogen) atoms. The summed E-state index contributed by atoms with van der Waals surface area (Å²) in [5, 5.41) is 3.17. The van der Waals surface area contributed by atoms with Crippen LogP contribution in [0.1, 0.15) is 36.8 Å². The number of ether oxygens (including phenoxy) is 2. The molecule has 2 aliphatic rings. The maximum atomic E-state index is 14.7. The highest BCUT2D eigenvalue weighted by Crippen LogP contribution is 2.34. The summed E-state index contributed by atoms with van der Waals surface area (Å²) in [5.41, 5.74) is 1.68. The van der Waals surface area contributed by atoms with Crippen LogP contribution in [0.25, 0.3) is 0 Å². The molecule has 1 saturated carbocycles. The van der Waals surface area contributed by atoms with Crippen molar-refractivity contribution in [3.05, 3.63) is 118 Å². The fraction of sp³-hybridized carbons (Fsp3) is 0.297. The monoisotopic (exact) mass is 749 g/mol. The number of carbonyl (C=O) groups excluding carboxylic acids is 2. The zero-order valence-corrected chi connectivity index (χ0v) is 29.2. The van der Waals surface area contributed by atoms with Crippen molar-refractivity contribution < 1.29 is 31.9 Å². The van der Waals surface area contributed by atoms with E-state index in [9.17, 15) is 22.4 Å². The molecule has 4 aromatic carbocycles. The molecular formula is C37H37BrFN3O6S. The van der Waals surface area contributed by atoms with Gasteiger partial charge in [-0.15, -0.1) is 0 Å². The first-order valence-electron chi connectivity index (χ1n) is 16.2. The Morgan fingerprint density at radius 3 is 2.27 bits per heavy atom. The van der Waals surface area contributed by atoms with Gasteiger partial charge in [0.25, 0.3) is 10.0 Å². The van der Waals surface area contributed by atoms with Crippen molar-refractivity contribution in [2.45, 2.75) is 55.6 Å². The normalized spacial score (nSPS) is 15.0. The van der Waals surface area contributed by atoms with E-state index in [-0.39, 0.29) is 47.9 Å². The fourth-order valence-electron chi connectivity index (χ4n) is 6.20. The molecule has 1 heterocycles. The van der Waals surface area contributed by atoms with Crippen LogP contribution in [0.5, 0.6) is 11.5 Å². The molecule has 1 atom stereocenters. The Morgan fingerprint density at radius 2 is 1.55 bits per heavy atom. The van der Waals surface area contributed by atoms with Crippen LogP contribution >= 0.6 is 15.9 Å². The second-order valence-electron chi connectivity index (χ2n) is 12.1. The number of nitrogens with zero attached hydrogens (tertiary/aromatic N) is 2. The second kappa shape index (κ2) is 15.4. The van der Waals surface area contributed by atoms with Gasteiger partial charge in [0, 0.05) is 29.5 Å². The Kier molecular flexibility index (Phi) is 10.8. The van der Waals surface area contributed by atoms with Crippen molar-refractivity contribution in [3.63, 3.8) is 0 Å². The lowest BCUT2D eigenvalue weighted by Crippen LogP contribution is -2.54. The van der Waals surface area contributed by atoms with Gasteiger partial charge < -0.3 is 19.7 Å². The highest BCUT2D eigenvalue weighted by molar-refractivity contribution is 9.10. The minimum absolute atomic E-state index is 0.0000981. The van der Waals surface area contributed by atoms with Crippen LogP contribution in [-0.4, -0.2) is 57.0 Å². The minimum atomic E-state index is -4.41. The van der Waals surface area contributed by atoms with E-state index in [0.717, 1.165) is 57.7 Å². The van der Waals surface area contributed by atoms with E-state index in [0.29, 0.717) is 12.4 Å². The van der Waals surface area contributed by atoms with Gasteiger partial charge in [-0.3, -0.25) is 13.9 Å². The molecule has 1 aliphatic heterocycles. The van der Waals surface area contributed by atoms with Gasteiger partial charge in [0.2, 0.25) is 11.8 Å². The van der Waals surface area contributed by atoms with E-state index in [2.05, 4.69) is 21.2 Å². The van der Waals surface area contributed by atoms with Gasteiger partial charge in [-0.05, 0) is 72.5 Å². The molecule has 1 unspecified atom stereocenters. The number of benzene rings is 4. The summed E-state index contributed by atoms with van der Waals surface area (Å²) in [4.78, 5) is 30.1. The number of anilines is 1. The maximum absolute atomic E-state index is 14.7. The first-order valence-corrected chi connectivity index (χ1v) is 18.5. The molecule has 9 nitrogen and oxygen atoms in total. The van der Waals surface area contributed by atoms with Crippen molar-refractivity contribution in [1.29, 1.82) is 0 Å². The van der Waals surface area contributed by atoms with E-state index in [4.69, 9.17) is 9.47 Å². The van der Waals surface area contributed by atoms with Gasteiger partial charge in [0.05, 0.1) is 10.6 Å². The average molecular weight is 751 g/mol. The summed E-state index contributed by atoms with van der Waals surface area (Å²) in [5.74, 6) is -0.795. The molecule has 0 radical (unpaired) electrons. The van der Waals surface area contributed by atoms with Crippen molar-refractivity contribution in [2.75, 3.05) is 24.1 Å². The number of carbonyl (C=O) groups is 2. The summed E-state index contributed by atoms with van der Waals surface area (Å²) in [7, 11) is -4.41. The maximum Gasteiger partial charge on any atom is 0.264 e. The van der Waals surface area contributed by atoms with Gasteiger partial charge in [0.15, 0.2) is 11.5 Å². The van der Waals surface area contributed by atoms with Crippen molar-refractivity contribution >= 4 is 43.5 Å². The zero-order valence-electron chi connectivity index (χ0n) is 26.8. The van der Waals surface area contributed by atoms with E-state index in [1.54, 1.807) is 0 Å². The highest BCUT2D eigenvalue weighted by atomic mass is 79.9. The molecule has 0 aromatic heterocycles. The molecule has 6 rings (SSSR count). The Bertz CT molecular complexity index is 1890.